The number of benzene rings is 2. The summed E-state index contributed by atoms with van der Waals surface area (Å²) in [6, 6.07) is 11.0. The molecular weight excluding hydrogens is 361 g/mol. The van der Waals surface area contributed by atoms with Crippen molar-refractivity contribution in [2.24, 2.45) is 0 Å². The van der Waals surface area contributed by atoms with E-state index in [2.05, 4.69) is 4.98 Å². The van der Waals surface area contributed by atoms with E-state index in [4.69, 9.17) is 4.42 Å². The minimum absolute atomic E-state index is 0.00413. The van der Waals surface area contributed by atoms with Crippen molar-refractivity contribution < 1.29 is 22.4 Å². The summed E-state index contributed by atoms with van der Waals surface area (Å²) in [5.74, 6) is -0.638. The predicted molar refractivity (Wildman–Crippen MR) is 91.5 cm³/mol. The fraction of sp³-hybridized carbons (Fsp3) is 0.105. The lowest BCUT2D eigenvalue weighted by atomic mass is 10.1. The summed E-state index contributed by atoms with van der Waals surface area (Å²) in [5, 5.41) is 0.668. The van der Waals surface area contributed by atoms with E-state index >= 15 is 0 Å². The van der Waals surface area contributed by atoms with E-state index in [0.717, 1.165) is 22.8 Å². The molecule has 0 saturated carbocycles. The number of hydrogen-bond acceptors (Lipinski definition) is 4. The number of fused-ring (bicyclic) bond motifs is 3. The van der Waals surface area contributed by atoms with Crippen LogP contribution in [0.4, 0.5) is 13.2 Å². The zero-order chi connectivity index (χ0) is 19.2. The molecule has 0 saturated heterocycles. The Bertz CT molecular complexity index is 1240. The van der Waals surface area contributed by atoms with Gasteiger partial charge in [-0.25, -0.2) is 4.98 Å². The third kappa shape index (κ3) is 2.99. The number of para-hydroxylation sites is 1. The first-order valence-corrected chi connectivity index (χ1v) is 7.92. The third-order valence-corrected chi connectivity index (χ3v) is 4.18. The molecule has 0 radical (unpaired) electrons. The predicted octanol–water partition coefficient (Wildman–Crippen LogP) is 4.04. The van der Waals surface area contributed by atoms with Crippen LogP contribution in [0.25, 0.3) is 22.1 Å². The standard InChI is InChI=1S/C19H11F3N2O3/c20-19(21,22)12-5-3-4-11(8-12)14(25)9-24-10-23-16-13-6-1-2-7-15(13)27-17(16)18(24)26/h1-8,10H,9H2. The summed E-state index contributed by atoms with van der Waals surface area (Å²) in [5.41, 5.74) is -0.780. The van der Waals surface area contributed by atoms with Gasteiger partial charge in [0.1, 0.15) is 11.1 Å². The minimum Gasteiger partial charge on any atom is -0.448 e. The fourth-order valence-electron chi connectivity index (χ4n) is 2.84. The van der Waals surface area contributed by atoms with E-state index in [9.17, 15) is 22.8 Å². The van der Waals surface area contributed by atoms with Crippen LogP contribution in [-0.2, 0) is 12.7 Å². The van der Waals surface area contributed by atoms with Crippen molar-refractivity contribution in [2.75, 3.05) is 0 Å². The Hall–Kier alpha value is -3.42. The number of aromatic nitrogens is 2. The fourth-order valence-corrected chi connectivity index (χ4v) is 2.84. The molecule has 0 spiro atoms. The largest absolute Gasteiger partial charge is 0.448 e. The van der Waals surface area contributed by atoms with Gasteiger partial charge in [-0.1, -0.05) is 24.3 Å². The second-order valence-electron chi connectivity index (χ2n) is 5.96. The van der Waals surface area contributed by atoms with Crippen molar-refractivity contribution in [3.05, 3.63) is 76.3 Å². The maximum atomic E-state index is 12.8. The second kappa shape index (κ2) is 6.08. The van der Waals surface area contributed by atoms with Crippen LogP contribution in [-0.4, -0.2) is 15.3 Å². The van der Waals surface area contributed by atoms with Crippen molar-refractivity contribution in [3.8, 4) is 0 Å². The monoisotopic (exact) mass is 372 g/mol. The van der Waals surface area contributed by atoms with E-state index in [-0.39, 0.29) is 11.1 Å². The van der Waals surface area contributed by atoms with E-state index in [1.807, 2.05) is 0 Å². The van der Waals surface area contributed by atoms with Crippen LogP contribution in [0, 0.1) is 0 Å². The molecule has 0 aliphatic carbocycles. The summed E-state index contributed by atoms with van der Waals surface area (Å²) in [4.78, 5) is 29.1. The van der Waals surface area contributed by atoms with Crippen molar-refractivity contribution in [2.45, 2.75) is 12.7 Å². The van der Waals surface area contributed by atoms with Gasteiger partial charge in [0.05, 0.1) is 18.4 Å². The molecule has 2 heterocycles. The summed E-state index contributed by atoms with van der Waals surface area (Å²) < 4.78 is 45.0. The molecular formula is C19H11F3N2O3. The zero-order valence-corrected chi connectivity index (χ0v) is 13.7. The average molecular weight is 372 g/mol. The molecule has 0 bridgehead atoms. The smallest absolute Gasteiger partial charge is 0.416 e. The molecule has 4 rings (SSSR count). The van der Waals surface area contributed by atoms with Gasteiger partial charge in [0.2, 0.25) is 5.58 Å². The summed E-state index contributed by atoms with van der Waals surface area (Å²) in [6.07, 6.45) is -3.36. The van der Waals surface area contributed by atoms with Crippen LogP contribution in [0.1, 0.15) is 15.9 Å². The van der Waals surface area contributed by atoms with E-state index < -0.39 is 29.6 Å². The van der Waals surface area contributed by atoms with E-state index in [1.54, 1.807) is 24.3 Å². The molecule has 5 nitrogen and oxygen atoms in total. The normalized spacial score (nSPS) is 12.0. The number of Topliss-reactive ketones (excluding diaryl/α,β-unsaturated/α-hetero) is 1. The van der Waals surface area contributed by atoms with Gasteiger partial charge in [-0.2, -0.15) is 13.2 Å². The van der Waals surface area contributed by atoms with Crippen LogP contribution >= 0.6 is 0 Å². The summed E-state index contributed by atoms with van der Waals surface area (Å²) >= 11 is 0. The lowest BCUT2D eigenvalue weighted by molar-refractivity contribution is -0.137. The van der Waals surface area contributed by atoms with Crippen LogP contribution < -0.4 is 5.56 Å². The average Bonchev–Trinajstić information content (AvgIpc) is 3.03. The molecule has 2 aromatic carbocycles. The number of hydrogen-bond donors (Lipinski definition) is 0. The molecule has 0 atom stereocenters. The molecule has 0 aliphatic heterocycles. The molecule has 0 fully saturated rings. The molecule has 0 unspecified atom stereocenters. The summed E-state index contributed by atoms with van der Waals surface area (Å²) in [7, 11) is 0. The highest BCUT2D eigenvalue weighted by atomic mass is 19.4. The van der Waals surface area contributed by atoms with Gasteiger partial charge in [0.25, 0.3) is 5.56 Å². The highest BCUT2D eigenvalue weighted by Gasteiger charge is 2.31. The number of rotatable bonds is 3. The van der Waals surface area contributed by atoms with Gasteiger partial charge in [-0.05, 0) is 24.3 Å². The van der Waals surface area contributed by atoms with Gasteiger partial charge in [0.15, 0.2) is 5.78 Å². The van der Waals surface area contributed by atoms with E-state index in [0.29, 0.717) is 16.5 Å². The maximum Gasteiger partial charge on any atom is 0.416 e. The van der Waals surface area contributed by atoms with Gasteiger partial charge in [0, 0.05) is 10.9 Å². The molecule has 4 aromatic rings. The lowest BCUT2D eigenvalue weighted by Gasteiger charge is -2.09. The van der Waals surface area contributed by atoms with E-state index in [1.165, 1.54) is 12.4 Å². The number of carbonyl (C=O) groups is 1. The zero-order valence-electron chi connectivity index (χ0n) is 13.7. The van der Waals surface area contributed by atoms with Gasteiger partial charge < -0.3 is 4.42 Å². The quantitative estimate of drug-likeness (QED) is 0.509. The number of halogens is 3. The molecule has 0 aliphatic rings. The van der Waals surface area contributed by atoms with Crippen LogP contribution in [0.15, 0.2) is 64.1 Å². The third-order valence-electron chi connectivity index (χ3n) is 4.18. The Morgan fingerprint density at radius 1 is 1.11 bits per heavy atom. The van der Waals surface area contributed by atoms with Gasteiger partial charge in [-0.3, -0.25) is 14.2 Å². The number of furan rings is 1. The Kier molecular flexibility index (Phi) is 3.83. The maximum absolute atomic E-state index is 12.8. The van der Waals surface area contributed by atoms with Crippen molar-refractivity contribution in [3.63, 3.8) is 0 Å². The number of nitrogens with zero attached hydrogens (tertiary/aromatic N) is 2. The SMILES string of the molecule is O=C(Cn1cnc2c(oc3ccccc32)c1=O)c1cccc(C(F)(F)F)c1. The Morgan fingerprint density at radius 3 is 2.67 bits per heavy atom. The Labute approximate surface area is 149 Å². The first kappa shape index (κ1) is 17.0. The van der Waals surface area contributed by atoms with Crippen molar-refractivity contribution in [1.82, 2.24) is 9.55 Å². The van der Waals surface area contributed by atoms with Crippen LogP contribution in [0.5, 0.6) is 0 Å². The summed E-state index contributed by atoms with van der Waals surface area (Å²) in [6.45, 7) is -0.444. The Balaban J connectivity index is 1.71. The Morgan fingerprint density at radius 2 is 1.89 bits per heavy atom. The number of alkyl halides is 3. The van der Waals surface area contributed by atoms with Crippen molar-refractivity contribution >= 4 is 27.9 Å². The highest BCUT2D eigenvalue weighted by Crippen LogP contribution is 2.29. The van der Waals surface area contributed by atoms with Crippen LogP contribution in [0.3, 0.4) is 0 Å². The minimum atomic E-state index is -4.55. The molecule has 8 heteroatoms. The second-order valence-corrected chi connectivity index (χ2v) is 5.96. The van der Waals surface area contributed by atoms with Gasteiger partial charge >= 0.3 is 6.18 Å². The molecule has 2 aromatic heterocycles. The first-order chi connectivity index (χ1) is 12.8. The first-order valence-electron chi connectivity index (χ1n) is 7.92. The molecule has 0 amide bonds. The lowest BCUT2D eigenvalue weighted by Crippen LogP contribution is -2.24. The highest BCUT2D eigenvalue weighted by molar-refractivity contribution is 6.02. The number of carbonyl (C=O) groups excluding carboxylic acids is 1. The number of ketones is 1. The van der Waals surface area contributed by atoms with Crippen LogP contribution in [0.2, 0.25) is 0 Å². The molecule has 136 valence electrons. The molecule has 27 heavy (non-hydrogen) atoms. The topological polar surface area (TPSA) is 65.1 Å². The molecule has 0 N–H and O–H groups in total. The van der Waals surface area contributed by atoms with Crippen molar-refractivity contribution in [1.29, 1.82) is 0 Å². The van der Waals surface area contributed by atoms with Gasteiger partial charge in [-0.15, -0.1) is 0 Å².